The highest BCUT2D eigenvalue weighted by Gasteiger charge is 2.25. The summed E-state index contributed by atoms with van der Waals surface area (Å²) >= 11 is 10.6. The Morgan fingerprint density at radius 2 is 1.94 bits per heavy atom. The summed E-state index contributed by atoms with van der Waals surface area (Å²) in [4.78, 5) is 25.2. The molecular formula is C23H25BrClN5O2S. The van der Waals surface area contributed by atoms with Crippen LogP contribution in [0, 0.1) is 12.8 Å². The first-order chi connectivity index (χ1) is 15.7. The first-order valence-corrected chi connectivity index (χ1v) is 12.5. The first-order valence-electron chi connectivity index (χ1n) is 10.3. The lowest BCUT2D eigenvalue weighted by Crippen LogP contribution is -2.33. The molecule has 10 heteroatoms. The maximum Gasteiger partial charge on any atom is 0.251 e. The van der Waals surface area contributed by atoms with Gasteiger partial charge in [-0.2, -0.15) is 0 Å². The number of nitrogens with zero attached hydrogens (tertiary/aromatic N) is 3. The van der Waals surface area contributed by atoms with Gasteiger partial charge in [0, 0.05) is 22.8 Å². The van der Waals surface area contributed by atoms with E-state index in [1.165, 1.54) is 11.8 Å². The summed E-state index contributed by atoms with van der Waals surface area (Å²) < 4.78 is 2.53. The van der Waals surface area contributed by atoms with Crippen LogP contribution in [0.3, 0.4) is 0 Å². The van der Waals surface area contributed by atoms with Gasteiger partial charge in [-0.05, 0) is 59.1 Å². The van der Waals surface area contributed by atoms with Crippen LogP contribution in [0.4, 0.5) is 5.69 Å². The van der Waals surface area contributed by atoms with Gasteiger partial charge < -0.3 is 15.2 Å². The van der Waals surface area contributed by atoms with Crippen molar-refractivity contribution < 1.29 is 9.59 Å². The first kappa shape index (κ1) is 25.3. The number of nitrogens with one attached hydrogen (secondary N) is 2. The Bertz CT molecular complexity index is 1170. The minimum atomic E-state index is -0.329. The summed E-state index contributed by atoms with van der Waals surface area (Å²) in [5.74, 6) is 0.547. The monoisotopic (exact) mass is 549 g/mol. The number of aromatic nitrogens is 3. The molecule has 7 nitrogen and oxygen atoms in total. The number of amides is 2. The number of aryl methyl sites for hydroxylation is 1. The van der Waals surface area contributed by atoms with Gasteiger partial charge in [0.25, 0.3) is 5.91 Å². The lowest BCUT2D eigenvalue weighted by atomic mass is 10.0. The van der Waals surface area contributed by atoms with Crippen molar-refractivity contribution in [3.63, 3.8) is 0 Å². The molecular weight excluding hydrogens is 526 g/mol. The van der Waals surface area contributed by atoms with Crippen molar-refractivity contribution in [1.29, 1.82) is 0 Å². The summed E-state index contributed by atoms with van der Waals surface area (Å²) in [5.41, 5.74) is 2.27. The predicted octanol–water partition coefficient (Wildman–Crippen LogP) is 5.40. The molecule has 2 aromatic carbocycles. The minimum Gasteiger partial charge on any atom is -0.342 e. The Morgan fingerprint density at radius 1 is 1.18 bits per heavy atom. The SMILES string of the molecule is Cc1cccc(C(=O)NC(c2nnc(SCC(=O)Nc3ccc(Cl)c(Br)c3)n2C)C(C)C)c1. The van der Waals surface area contributed by atoms with E-state index >= 15 is 0 Å². The molecule has 0 aliphatic rings. The van der Waals surface area contributed by atoms with E-state index in [-0.39, 0.29) is 29.5 Å². The number of rotatable bonds is 8. The number of anilines is 1. The molecule has 3 rings (SSSR count). The molecule has 0 saturated carbocycles. The summed E-state index contributed by atoms with van der Waals surface area (Å²) in [5, 5.41) is 15.6. The average Bonchev–Trinajstić information content (AvgIpc) is 3.12. The van der Waals surface area contributed by atoms with Crippen LogP contribution in [0.2, 0.25) is 5.02 Å². The van der Waals surface area contributed by atoms with E-state index in [4.69, 9.17) is 11.6 Å². The second-order valence-corrected chi connectivity index (χ2v) is 10.1. The second-order valence-electron chi connectivity index (χ2n) is 7.93. The van der Waals surface area contributed by atoms with E-state index in [2.05, 4.69) is 36.8 Å². The predicted molar refractivity (Wildman–Crippen MR) is 136 cm³/mol. The van der Waals surface area contributed by atoms with Crippen molar-refractivity contribution in [2.45, 2.75) is 32.0 Å². The van der Waals surface area contributed by atoms with Crippen LogP contribution in [0.15, 0.2) is 52.1 Å². The minimum absolute atomic E-state index is 0.0890. The van der Waals surface area contributed by atoms with E-state index < -0.39 is 0 Å². The highest BCUT2D eigenvalue weighted by molar-refractivity contribution is 9.10. The number of halogens is 2. The van der Waals surface area contributed by atoms with Crippen LogP contribution >= 0.6 is 39.3 Å². The topological polar surface area (TPSA) is 88.9 Å². The molecule has 1 unspecified atom stereocenters. The fourth-order valence-electron chi connectivity index (χ4n) is 3.16. The van der Waals surface area contributed by atoms with Gasteiger partial charge in [-0.25, -0.2) is 0 Å². The Morgan fingerprint density at radius 3 is 2.61 bits per heavy atom. The second kappa shape index (κ2) is 11.2. The van der Waals surface area contributed by atoms with Gasteiger partial charge in [-0.15, -0.1) is 10.2 Å². The van der Waals surface area contributed by atoms with Gasteiger partial charge in [0.1, 0.15) is 0 Å². The number of carbonyl (C=O) groups excluding carboxylic acids is 2. The maximum atomic E-state index is 12.8. The number of hydrogen-bond acceptors (Lipinski definition) is 5. The molecule has 1 aromatic heterocycles. The summed E-state index contributed by atoms with van der Waals surface area (Å²) in [7, 11) is 1.83. The Labute approximate surface area is 210 Å². The van der Waals surface area contributed by atoms with Gasteiger partial charge in [0.15, 0.2) is 11.0 Å². The largest absolute Gasteiger partial charge is 0.342 e. The zero-order valence-corrected chi connectivity index (χ0v) is 21.9. The number of hydrogen-bond donors (Lipinski definition) is 2. The lowest BCUT2D eigenvalue weighted by Gasteiger charge is -2.21. The quantitative estimate of drug-likeness (QED) is 0.367. The van der Waals surface area contributed by atoms with Gasteiger partial charge in [-0.1, -0.05) is 54.9 Å². The van der Waals surface area contributed by atoms with Crippen molar-refractivity contribution >= 4 is 56.8 Å². The van der Waals surface area contributed by atoms with E-state index in [0.29, 0.717) is 31.7 Å². The number of carbonyl (C=O) groups is 2. The molecule has 2 amide bonds. The molecule has 174 valence electrons. The molecule has 1 heterocycles. The lowest BCUT2D eigenvalue weighted by molar-refractivity contribution is -0.113. The third-order valence-corrected chi connectivity index (χ3v) is 7.15. The van der Waals surface area contributed by atoms with Gasteiger partial charge in [0.2, 0.25) is 5.91 Å². The van der Waals surface area contributed by atoms with E-state index in [1.54, 1.807) is 24.3 Å². The Kier molecular flexibility index (Phi) is 8.56. The van der Waals surface area contributed by atoms with Crippen LogP contribution in [0.1, 0.15) is 41.6 Å². The van der Waals surface area contributed by atoms with E-state index in [0.717, 1.165) is 5.56 Å². The summed E-state index contributed by atoms with van der Waals surface area (Å²) in [6.07, 6.45) is 0. The smallest absolute Gasteiger partial charge is 0.251 e. The standard InChI is InChI=1S/C23H25BrClN5O2S/c1-13(2)20(27-22(32)15-7-5-6-14(3)10-15)21-28-29-23(30(21)4)33-12-19(31)26-16-8-9-18(25)17(24)11-16/h5-11,13,20H,12H2,1-4H3,(H,26,31)(H,27,32). The van der Waals surface area contributed by atoms with Gasteiger partial charge >= 0.3 is 0 Å². The van der Waals surface area contributed by atoms with Crippen molar-refractivity contribution in [1.82, 2.24) is 20.1 Å². The zero-order valence-electron chi connectivity index (χ0n) is 18.7. The fourth-order valence-corrected chi connectivity index (χ4v) is 4.38. The summed E-state index contributed by atoms with van der Waals surface area (Å²) in [6, 6.07) is 12.3. The summed E-state index contributed by atoms with van der Waals surface area (Å²) in [6.45, 7) is 5.98. The zero-order chi connectivity index (χ0) is 24.1. The molecule has 0 saturated heterocycles. The van der Waals surface area contributed by atoms with Crippen molar-refractivity contribution in [2.24, 2.45) is 13.0 Å². The number of thioether (sulfide) groups is 1. The van der Waals surface area contributed by atoms with Crippen LogP contribution in [0.25, 0.3) is 0 Å². The van der Waals surface area contributed by atoms with E-state index in [9.17, 15) is 9.59 Å². The van der Waals surface area contributed by atoms with Crippen LogP contribution < -0.4 is 10.6 Å². The van der Waals surface area contributed by atoms with Gasteiger partial charge in [0.05, 0.1) is 16.8 Å². The Balaban J connectivity index is 1.66. The van der Waals surface area contributed by atoms with Crippen molar-refractivity contribution in [2.75, 3.05) is 11.1 Å². The third kappa shape index (κ3) is 6.59. The Hall–Kier alpha value is -2.36. The molecule has 2 N–H and O–H groups in total. The van der Waals surface area contributed by atoms with Crippen LogP contribution in [0.5, 0.6) is 0 Å². The normalized spacial score (nSPS) is 12.0. The average molecular weight is 551 g/mol. The molecule has 0 aliphatic carbocycles. The van der Waals surface area contributed by atoms with Crippen molar-refractivity contribution in [3.05, 3.63) is 68.9 Å². The third-order valence-electron chi connectivity index (χ3n) is 4.92. The molecule has 33 heavy (non-hydrogen) atoms. The highest BCUT2D eigenvalue weighted by Crippen LogP contribution is 2.27. The maximum absolute atomic E-state index is 12.8. The van der Waals surface area contributed by atoms with Crippen LogP contribution in [-0.4, -0.2) is 32.3 Å². The molecule has 0 aliphatic heterocycles. The molecule has 0 spiro atoms. The molecule has 1 atom stereocenters. The number of benzene rings is 2. The molecule has 3 aromatic rings. The fraction of sp³-hybridized carbons (Fsp3) is 0.304. The van der Waals surface area contributed by atoms with Crippen molar-refractivity contribution in [3.8, 4) is 0 Å². The van der Waals surface area contributed by atoms with Gasteiger partial charge in [-0.3, -0.25) is 9.59 Å². The molecule has 0 fully saturated rings. The van der Waals surface area contributed by atoms with E-state index in [1.807, 2.05) is 50.6 Å². The molecule has 0 radical (unpaired) electrons. The highest BCUT2D eigenvalue weighted by atomic mass is 79.9. The van der Waals surface area contributed by atoms with Crippen LogP contribution in [-0.2, 0) is 11.8 Å². The molecule has 0 bridgehead atoms.